The summed E-state index contributed by atoms with van der Waals surface area (Å²) in [7, 11) is 1.67. The predicted molar refractivity (Wildman–Crippen MR) is 51.2 cm³/mol. The largest absolute Gasteiger partial charge is 0.364 e. The average molecular weight is 183 g/mol. The number of hydrogen-bond donors (Lipinski definition) is 1. The number of hydrogen-bond acceptors (Lipinski definition) is 3. The molecule has 4 nitrogen and oxygen atoms in total. The van der Waals surface area contributed by atoms with Crippen molar-refractivity contribution in [1.29, 1.82) is 0 Å². The van der Waals surface area contributed by atoms with Crippen LogP contribution in [0.25, 0.3) is 0 Å². The molecule has 1 rings (SSSR count). The van der Waals surface area contributed by atoms with Crippen LogP contribution in [0.3, 0.4) is 0 Å². The summed E-state index contributed by atoms with van der Waals surface area (Å²) in [5.74, 6) is 0. The third kappa shape index (κ3) is 3.57. The first-order chi connectivity index (χ1) is 6.22. The third-order valence-electron chi connectivity index (χ3n) is 1.66. The van der Waals surface area contributed by atoms with Gasteiger partial charge in [0.1, 0.15) is 6.73 Å². The normalized spacial score (nSPS) is 11.1. The van der Waals surface area contributed by atoms with Gasteiger partial charge in [-0.1, -0.05) is 13.8 Å². The molecular formula is C9H17N3O. The van der Waals surface area contributed by atoms with Crippen molar-refractivity contribution in [3.05, 3.63) is 18.2 Å². The molecule has 74 valence electrons. The van der Waals surface area contributed by atoms with Crippen molar-refractivity contribution in [3.63, 3.8) is 0 Å². The summed E-state index contributed by atoms with van der Waals surface area (Å²) < 4.78 is 6.88. The van der Waals surface area contributed by atoms with Crippen LogP contribution in [0.4, 0.5) is 0 Å². The number of rotatable bonds is 5. The summed E-state index contributed by atoms with van der Waals surface area (Å²) >= 11 is 0. The Morgan fingerprint density at radius 1 is 1.62 bits per heavy atom. The molecule has 0 saturated carbocycles. The van der Waals surface area contributed by atoms with Gasteiger partial charge in [-0.3, -0.25) is 0 Å². The van der Waals surface area contributed by atoms with E-state index in [4.69, 9.17) is 4.74 Å². The van der Waals surface area contributed by atoms with E-state index in [1.54, 1.807) is 13.4 Å². The van der Waals surface area contributed by atoms with Crippen molar-refractivity contribution in [2.24, 2.45) is 0 Å². The lowest BCUT2D eigenvalue weighted by atomic mass is 10.3. The van der Waals surface area contributed by atoms with Crippen LogP contribution in [0.5, 0.6) is 0 Å². The van der Waals surface area contributed by atoms with Gasteiger partial charge in [-0.25, -0.2) is 4.98 Å². The molecule has 0 aliphatic carbocycles. The minimum Gasteiger partial charge on any atom is -0.364 e. The molecule has 0 aliphatic heterocycles. The zero-order valence-electron chi connectivity index (χ0n) is 8.45. The van der Waals surface area contributed by atoms with Crippen LogP contribution >= 0.6 is 0 Å². The van der Waals surface area contributed by atoms with Gasteiger partial charge in [-0.2, -0.15) is 0 Å². The first-order valence-corrected chi connectivity index (χ1v) is 4.45. The fraction of sp³-hybridized carbons (Fsp3) is 0.667. The highest BCUT2D eigenvalue weighted by Crippen LogP contribution is 1.96. The van der Waals surface area contributed by atoms with Crippen LogP contribution in [0.2, 0.25) is 0 Å². The lowest BCUT2D eigenvalue weighted by Crippen LogP contribution is -2.21. The summed E-state index contributed by atoms with van der Waals surface area (Å²) in [5, 5.41) is 3.30. The van der Waals surface area contributed by atoms with E-state index in [-0.39, 0.29) is 0 Å². The molecule has 0 bridgehead atoms. The summed E-state index contributed by atoms with van der Waals surface area (Å²) in [6, 6.07) is 0.493. The highest BCUT2D eigenvalue weighted by molar-refractivity contribution is 4.95. The molecule has 13 heavy (non-hydrogen) atoms. The van der Waals surface area contributed by atoms with Crippen LogP contribution in [-0.4, -0.2) is 22.7 Å². The lowest BCUT2D eigenvalue weighted by Gasteiger charge is -2.04. The number of ether oxygens (including phenoxy) is 1. The van der Waals surface area contributed by atoms with Crippen LogP contribution in [0.15, 0.2) is 12.5 Å². The van der Waals surface area contributed by atoms with E-state index < -0.39 is 0 Å². The highest BCUT2D eigenvalue weighted by atomic mass is 16.5. The molecule has 0 aliphatic rings. The van der Waals surface area contributed by atoms with Crippen LogP contribution in [0.1, 0.15) is 19.5 Å². The fourth-order valence-corrected chi connectivity index (χ4v) is 1.03. The summed E-state index contributed by atoms with van der Waals surface area (Å²) in [6.45, 7) is 5.61. The molecule has 0 radical (unpaired) electrons. The molecule has 1 aromatic heterocycles. The van der Waals surface area contributed by atoms with Crippen LogP contribution < -0.4 is 5.32 Å². The molecule has 1 heterocycles. The van der Waals surface area contributed by atoms with Gasteiger partial charge in [-0.05, 0) is 0 Å². The molecule has 1 aromatic rings. The van der Waals surface area contributed by atoms with E-state index in [9.17, 15) is 0 Å². The molecule has 0 unspecified atom stereocenters. The van der Waals surface area contributed by atoms with E-state index in [2.05, 4.69) is 24.1 Å². The zero-order chi connectivity index (χ0) is 9.68. The Kier molecular flexibility index (Phi) is 3.92. The highest BCUT2D eigenvalue weighted by Gasteiger charge is 1.98. The number of methoxy groups -OCH3 is 1. The number of nitrogens with one attached hydrogen (secondary N) is 1. The number of nitrogens with zero attached hydrogens (tertiary/aromatic N) is 2. The van der Waals surface area contributed by atoms with Gasteiger partial charge >= 0.3 is 0 Å². The predicted octanol–water partition coefficient (Wildman–Crippen LogP) is 0.985. The summed E-state index contributed by atoms with van der Waals surface area (Å²) in [5.41, 5.74) is 1.05. The van der Waals surface area contributed by atoms with Gasteiger partial charge in [0.2, 0.25) is 0 Å². The van der Waals surface area contributed by atoms with E-state index in [0.717, 1.165) is 12.2 Å². The Bertz CT molecular complexity index is 245. The van der Waals surface area contributed by atoms with Gasteiger partial charge in [-0.15, -0.1) is 0 Å². The summed E-state index contributed by atoms with van der Waals surface area (Å²) in [6.07, 6.45) is 3.76. The summed E-state index contributed by atoms with van der Waals surface area (Å²) in [4.78, 5) is 4.23. The van der Waals surface area contributed by atoms with E-state index in [1.165, 1.54) is 0 Å². The second-order valence-corrected chi connectivity index (χ2v) is 3.33. The van der Waals surface area contributed by atoms with Crippen molar-refractivity contribution in [1.82, 2.24) is 14.9 Å². The first kappa shape index (κ1) is 10.2. The Morgan fingerprint density at radius 2 is 2.38 bits per heavy atom. The average Bonchev–Trinajstić information content (AvgIpc) is 2.50. The van der Waals surface area contributed by atoms with E-state index in [1.807, 2.05) is 10.8 Å². The van der Waals surface area contributed by atoms with Crippen molar-refractivity contribution >= 4 is 0 Å². The molecular weight excluding hydrogens is 166 g/mol. The van der Waals surface area contributed by atoms with Gasteiger partial charge in [0.05, 0.1) is 12.0 Å². The van der Waals surface area contributed by atoms with Crippen molar-refractivity contribution < 1.29 is 4.74 Å². The maximum atomic E-state index is 4.97. The number of imidazole rings is 1. The van der Waals surface area contributed by atoms with Crippen LogP contribution in [0, 0.1) is 0 Å². The standard InChI is InChI=1S/C9H17N3O/c1-8(2)10-4-9-5-12(6-11-9)7-13-3/h5-6,8,10H,4,7H2,1-3H3. The minimum atomic E-state index is 0.493. The van der Waals surface area contributed by atoms with E-state index in [0.29, 0.717) is 12.8 Å². The molecule has 0 atom stereocenters. The third-order valence-corrected chi connectivity index (χ3v) is 1.66. The Labute approximate surface area is 78.9 Å². The second-order valence-electron chi connectivity index (χ2n) is 3.33. The molecule has 4 heteroatoms. The van der Waals surface area contributed by atoms with E-state index >= 15 is 0 Å². The fourth-order valence-electron chi connectivity index (χ4n) is 1.03. The van der Waals surface area contributed by atoms with Crippen LogP contribution in [-0.2, 0) is 18.0 Å². The van der Waals surface area contributed by atoms with Crippen molar-refractivity contribution in [2.45, 2.75) is 33.2 Å². The molecule has 0 saturated heterocycles. The minimum absolute atomic E-state index is 0.493. The number of aromatic nitrogens is 2. The molecule has 0 spiro atoms. The first-order valence-electron chi connectivity index (χ1n) is 4.45. The Balaban J connectivity index is 2.39. The van der Waals surface area contributed by atoms with Gasteiger partial charge in [0, 0.05) is 25.9 Å². The quantitative estimate of drug-likeness (QED) is 0.739. The van der Waals surface area contributed by atoms with Gasteiger partial charge < -0.3 is 14.6 Å². The lowest BCUT2D eigenvalue weighted by molar-refractivity contribution is 0.131. The Morgan fingerprint density at radius 3 is 3.00 bits per heavy atom. The Hall–Kier alpha value is -0.870. The monoisotopic (exact) mass is 183 g/mol. The van der Waals surface area contributed by atoms with Crippen molar-refractivity contribution in [2.75, 3.05) is 7.11 Å². The van der Waals surface area contributed by atoms with Gasteiger partial charge in [0.15, 0.2) is 0 Å². The van der Waals surface area contributed by atoms with Crippen molar-refractivity contribution in [3.8, 4) is 0 Å². The SMILES string of the molecule is COCn1cnc(CNC(C)C)c1. The zero-order valence-corrected chi connectivity index (χ0v) is 8.45. The van der Waals surface area contributed by atoms with Gasteiger partial charge in [0.25, 0.3) is 0 Å². The topological polar surface area (TPSA) is 39.1 Å². The second kappa shape index (κ2) is 4.99. The maximum absolute atomic E-state index is 4.97. The molecule has 0 fully saturated rings. The molecule has 1 N–H and O–H groups in total. The smallest absolute Gasteiger partial charge is 0.123 e. The molecule has 0 amide bonds. The molecule has 0 aromatic carbocycles. The maximum Gasteiger partial charge on any atom is 0.123 e.